The molecule has 1 aromatic heterocycles. The largest absolute Gasteiger partial charge is 0.439 e. The lowest BCUT2D eigenvalue weighted by Crippen LogP contribution is -2.46. The molecule has 1 saturated heterocycles. The van der Waals surface area contributed by atoms with Gasteiger partial charge in [-0.25, -0.2) is 9.78 Å². The number of carbonyl (C=O) groups is 1. The molecule has 1 aliphatic heterocycles. The molecule has 27 heavy (non-hydrogen) atoms. The van der Waals surface area contributed by atoms with Crippen LogP contribution >= 0.6 is 12.4 Å². The number of anilines is 1. The highest BCUT2D eigenvalue weighted by Crippen LogP contribution is 2.17. The van der Waals surface area contributed by atoms with Gasteiger partial charge in [0.15, 0.2) is 0 Å². The molecule has 0 radical (unpaired) electrons. The van der Waals surface area contributed by atoms with Crippen LogP contribution in [0.3, 0.4) is 0 Å². The van der Waals surface area contributed by atoms with Crippen LogP contribution in [0, 0.1) is 0 Å². The van der Waals surface area contributed by atoms with Gasteiger partial charge < -0.3 is 9.64 Å². The van der Waals surface area contributed by atoms with Crippen LogP contribution in [0.25, 0.3) is 0 Å². The number of benzene rings is 1. The number of pyridine rings is 1. The van der Waals surface area contributed by atoms with Gasteiger partial charge in [-0.2, -0.15) is 5.06 Å². The topological polar surface area (TPSA) is 58.1 Å². The summed E-state index contributed by atoms with van der Waals surface area (Å²) in [7, 11) is 2.92. The van der Waals surface area contributed by atoms with E-state index in [0.717, 1.165) is 43.6 Å². The number of amides is 1. The van der Waals surface area contributed by atoms with Crippen LogP contribution in [-0.2, 0) is 11.4 Å². The molecule has 7 nitrogen and oxygen atoms in total. The summed E-state index contributed by atoms with van der Waals surface area (Å²) in [6, 6.07) is 13.6. The van der Waals surface area contributed by atoms with Gasteiger partial charge in [0.25, 0.3) is 0 Å². The van der Waals surface area contributed by atoms with Crippen molar-refractivity contribution in [3.63, 3.8) is 0 Å². The third-order valence-electron chi connectivity index (χ3n) is 4.41. The Bertz CT molecular complexity index is 707. The highest BCUT2D eigenvalue weighted by atomic mass is 35.5. The van der Waals surface area contributed by atoms with E-state index in [2.05, 4.69) is 20.9 Å². The molecule has 1 aromatic carbocycles. The zero-order valence-electron chi connectivity index (χ0n) is 15.6. The van der Waals surface area contributed by atoms with Gasteiger partial charge in [0.1, 0.15) is 11.6 Å². The van der Waals surface area contributed by atoms with Gasteiger partial charge in [0.05, 0.1) is 7.11 Å². The molecule has 2 heterocycles. The summed E-state index contributed by atoms with van der Waals surface area (Å²) in [6.45, 7) is 4.80. The van der Waals surface area contributed by atoms with E-state index in [1.165, 1.54) is 19.7 Å². The Morgan fingerprint density at radius 3 is 2.41 bits per heavy atom. The van der Waals surface area contributed by atoms with Gasteiger partial charge in [-0.1, -0.05) is 18.2 Å². The molecule has 0 N–H and O–H groups in total. The molecule has 2 aromatic rings. The Kier molecular flexibility index (Phi) is 7.84. The monoisotopic (exact) mass is 392 g/mol. The lowest BCUT2D eigenvalue weighted by Gasteiger charge is -2.35. The summed E-state index contributed by atoms with van der Waals surface area (Å²) in [5, 5.41) is 1.04. The number of hydroxylamine groups is 2. The molecular formula is C19H25ClN4O3. The maximum Gasteiger partial charge on any atom is 0.439 e. The molecule has 0 bridgehead atoms. The summed E-state index contributed by atoms with van der Waals surface area (Å²) in [5.41, 5.74) is 1.19. The van der Waals surface area contributed by atoms with E-state index in [9.17, 15) is 4.79 Å². The molecule has 0 spiro atoms. The molecule has 3 rings (SSSR count). The Morgan fingerprint density at radius 2 is 1.81 bits per heavy atom. The summed E-state index contributed by atoms with van der Waals surface area (Å²) < 4.78 is 5.21. The van der Waals surface area contributed by atoms with Crippen LogP contribution in [-0.4, -0.2) is 61.4 Å². The average Bonchev–Trinajstić information content (AvgIpc) is 2.70. The van der Waals surface area contributed by atoms with Gasteiger partial charge >= 0.3 is 6.09 Å². The van der Waals surface area contributed by atoms with Crippen molar-refractivity contribution >= 4 is 24.3 Å². The van der Waals surface area contributed by atoms with E-state index in [1.54, 1.807) is 12.1 Å². The van der Waals surface area contributed by atoms with Gasteiger partial charge in [0, 0.05) is 46.0 Å². The fourth-order valence-electron chi connectivity index (χ4n) is 2.84. The lowest BCUT2D eigenvalue weighted by atomic mass is 10.2. The third kappa shape index (κ3) is 5.82. The van der Waals surface area contributed by atoms with Crippen molar-refractivity contribution in [1.29, 1.82) is 0 Å². The quantitative estimate of drug-likeness (QED) is 0.729. The van der Waals surface area contributed by atoms with E-state index in [1.807, 2.05) is 30.5 Å². The zero-order valence-corrected chi connectivity index (χ0v) is 16.4. The molecule has 0 unspecified atom stereocenters. The normalized spacial score (nSPS) is 14.4. The van der Waals surface area contributed by atoms with Gasteiger partial charge in [-0.05, 0) is 29.8 Å². The number of nitrogens with zero attached hydrogens (tertiary/aromatic N) is 4. The molecular weight excluding hydrogens is 368 g/mol. The predicted molar refractivity (Wildman–Crippen MR) is 106 cm³/mol. The first kappa shape index (κ1) is 21.0. The Hall–Kier alpha value is -2.35. The minimum Gasteiger partial charge on any atom is -0.409 e. The lowest BCUT2D eigenvalue weighted by molar-refractivity contribution is -0.0790. The van der Waals surface area contributed by atoms with E-state index in [0.29, 0.717) is 5.75 Å². The summed E-state index contributed by atoms with van der Waals surface area (Å²) >= 11 is 0. The van der Waals surface area contributed by atoms with Crippen molar-refractivity contribution < 1.29 is 14.4 Å². The molecule has 1 amide bonds. The molecule has 8 heteroatoms. The van der Waals surface area contributed by atoms with Crippen molar-refractivity contribution in [2.45, 2.75) is 6.54 Å². The van der Waals surface area contributed by atoms with Gasteiger partial charge in [-0.15, -0.1) is 12.4 Å². The number of carbonyl (C=O) groups excluding carboxylic acids is 1. The van der Waals surface area contributed by atoms with E-state index < -0.39 is 6.09 Å². The number of aromatic nitrogens is 1. The summed E-state index contributed by atoms with van der Waals surface area (Å²) in [4.78, 5) is 25.6. The van der Waals surface area contributed by atoms with Gasteiger partial charge in [0.2, 0.25) is 0 Å². The number of piperazine rings is 1. The second-order valence-corrected chi connectivity index (χ2v) is 6.14. The first-order valence-corrected chi connectivity index (χ1v) is 8.62. The maximum atomic E-state index is 11.7. The highest BCUT2D eigenvalue weighted by molar-refractivity contribution is 5.85. The van der Waals surface area contributed by atoms with Crippen molar-refractivity contribution in [1.82, 2.24) is 14.9 Å². The summed E-state index contributed by atoms with van der Waals surface area (Å²) in [6.07, 6.45) is 1.28. The molecule has 146 valence electrons. The Balaban J connectivity index is 0.00000261. The van der Waals surface area contributed by atoms with Crippen molar-refractivity contribution in [3.8, 4) is 5.75 Å². The molecule has 1 aliphatic rings. The number of halogens is 1. The number of hydrogen-bond donors (Lipinski definition) is 0. The van der Waals surface area contributed by atoms with Crippen molar-refractivity contribution in [2.75, 3.05) is 45.2 Å². The third-order valence-corrected chi connectivity index (χ3v) is 4.41. The Labute approximate surface area is 165 Å². The molecule has 0 aliphatic carbocycles. The maximum absolute atomic E-state index is 11.7. The SMILES string of the molecule is CON(C)C(=O)Oc1ccc(CN2CCN(c3ccccn3)CC2)cc1.Cl. The highest BCUT2D eigenvalue weighted by Gasteiger charge is 2.18. The van der Waals surface area contributed by atoms with Crippen molar-refractivity contribution in [2.24, 2.45) is 0 Å². The number of rotatable bonds is 5. The smallest absolute Gasteiger partial charge is 0.409 e. The van der Waals surface area contributed by atoms with E-state index >= 15 is 0 Å². The number of ether oxygens (including phenoxy) is 1. The van der Waals surface area contributed by atoms with E-state index in [-0.39, 0.29) is 12.4 Å². The van der Waals surface area contributed by atoms with Crippen molar-refractivity contribution in [3.05, 3.63) is 54.2 Å². The molecule has 0 saturated carbocycles. The van der Waals surface area contributed by atoms with Crippen LogP contribution in [0.15, 0.2) is 48.7 Å². The van der Waals surface area contributed by atoms with Crippen LogP contribution in [0.2, 0.25) is 0 Å². The fourth-order valence-corrected chi connectivity index (χ4v) is 2.84. The van der Waals surface area contributed by atoms with Crippen LogP contribution in [0.1, 0.15) is 5.56 Å². The first-order chi connectivity index (χ1) is 12.7. The first-order valence-electron chi connectivity index (χ1n) is 8.62. The van der Waals surface area contributed by atoms with Crippen LogP contribution < -0.4 is 9.64 Å². The number of hydrogen-bond acceptors (Lipinski definition) is 6. The molecule has 0 atom stereocenters. The minimum atomic E-state index is -0.550. The zero-order chi connectivity index (χ0) is 18.4. The Morgan fingerprint density at radius 1 is 1.11 bits per heavy atom. The van der Waals surface area contributed by atoms with Crippen LogP contribution in [0.5, 0.6) is 5.75 Å². The predicted octanol–water partition coefficient (Wildman–Crippen LogP) is 2.82. The second-order valence-electron chi connectivity index (χ2n) is 6.14. The fraction of sp³-hybridized carbons (Fsp3) is 0.368. The second kappa shape index (κ2) is 10.1. The van der Waals surface area contributed by atoms with Gasteiger partial charge in [-0.3, -0.25) is 9.74 Å². The average molecular weight is 393 g/mol. The van der Waals surface area contributed by atoms with E-state index in [4.69, 9.17) is 9.57 Å². The summed E-state index contributed by atoms with van der Waals surface area (Å²) in [5.74, 6) is 1.54. The minimum absolute atomic E-state index is 0. The molecule has 1 fully saturated rings. The van der Waals surface area contributed by atoms with Crippen LogP contribution in [0.4, 0.5) is 10.6 Å². The standard InChI is InChI=1S/C19H24N4O3.ClH/c1-21(25-2)19(24)26-17-8-6-16(7-9-17)15-22-11-13-23(14-12-22)18-5-3-4-10-20-18;/h3-10H,11-15H2,1-2H3;1H.